The van der Waals surface area contributed by atoms with E-state index < -0.39 is 0 Å². The molecule has 4 atom stereocenters. The lowest BCUT2D eigenvalue weighted by Gasteiger charge is -2.23. The van der Waals surface area contributed by atoms with E-state index in [1.807, 2.05) is 0 Å². The second-order valence-electron chi connectivity index (χ2n) is 4.33. The number of aliphatic hydroxyl groups is 2. The molecule has 2 aliphatic rings. The topological polar surface area (TPSA) is 40.5 Å². The smallest absolute Gasteiger partial charge is 0.0595 e. The van der Waals surface area contributed by atoms with Gasteiger partial charge in [0.25, 0.3) is 0 Å². The van der Waals surface area contributed by atoms with Crippen molar-refractivity contribution in [1.29, 1.82) is 0 Å². The van der Waals surface area contributed by atoms with Crippen LogP contribution in [-0.2, 0) is 0 Å². The molecule has 0 radical (unpaired) electrons. The van der Waals surface area contributed by atoms with E-state index in [0.717, 1.165) is 25.7 Å². The van der Waals surface area contributed by atoms with Gasteiger partial charge in [-0.15, -0.1) is 0 Å². The molecule has 2 fully saturated rings. The Morgan fingerprint density at radius 2 is 1.42 bits per heavy atom. The number of fused-ring (bicyclic) bond motifs is 1. The number of aliphatic hydroxyl groups excluding tert-OH is 2. The third kappa shape index (κ3) is 1.38. The van der Waals surface area contributed by atoms with Crippen LogP contribution in [0.15, 0.2) is 0 Å². The van der Waals surface area contributed by atoms with Crippen molar-refractivity contribution < 1.29 is 10.2 Å². The summed E-state index contributed by atoms with van der Waals surface area (Å²) in [6.45, 7) is 0. The number of hydrogen-bond acceptors (Lipinski definition) is 2. The van der Waals surface area contributed by atoms with Gasteiger partial charge in [0.1, 0.15) is 0 Å². The van der Waals surface area contributed by atoms with E-state index in [1.54, 1.807) is 0 Å². The lowest BCUT2D eigenvalue weighted by atomic mass is 9.88. The maximum atomic E-state index is 9.77. The Hall–Kier alpha value is -0.0800. The molecule has 0 aromatic carbocycles. The van der Waals surface area contributed by atoms with Crippen LogP contribution in [0, 0.1) is 11.8 Å². The highest BCUT2D eigenvalue weighted by atomic mass is 16.3. The van der Waals surface area contributed by atoms with Crippen LogP contribution in [0.2, 0.25) is 0 Å². The minimum absolute atomic E-state index is 0.201. The van der Waals surface area contributed by atoms with Crippen LogP contribution in [0.25, 0.3) is 0 Å². The zero-order valence-corrected chi connectivity index (χ0v) is 7.45. The van der Waals surface area contributed by atoms with E-state index in [9.17, 15) is 10.2 Å². The molecule has 2 N–H and O–H groups in total. The standard InChI is InChI=1S/C10H18O2/c11-8-4-2-1-3-7-5-6-9(12)10(7)8/h7-12H,1-6H2. The third-order valence-electron chi connectivity index (χ3n) is 3.59. The third-order valence-corrected chi connectivity index (χ3v) is 3.59. The number of rotatable bonds is 0. The van der Waals surface area contributed by atoms with Crippen LogP contribution in [-0.4, -0.2) is 22.4 Å². The van der Waals surface area contributed by atoms with Crippen molar-refractivity contribution in [3.8, 4) is 0 Å². The minimum Gasteiger partial charge on any atom is -0.393 e. The van der Waals surface area contributed by atoms with Crippen molar-refractivity contribution in [3.63, 3.8) is 0 Å². The van der Waals surface area contributed by atoms with Crippen LogP contribution >= 0.6 is 0 Å². The van der Waals surface area contributed by atoms with Crippen molar-refractivity contribution >= 4 is 0 Å². The molecule has 0 aromatic heterocycles. The normalized spacial score (nSPS) is 48.5. The molecule has 0 spiro atoms. The van der Waals surface area contributed by atoms with Gasteiger partial charge in [-0.25, -0.2) is 0 Å². The molecule has 0 amide bonds. The van der Waals surface area contributed by atoms with Gasteiger partial charge in [-0.3, -0.25) is 0 Å². The van der Waals surface area contributed by atoms with E-state index in [0.29, 0.717) is 5.92 Å². The fourth-order valence-corrected chi connectivity index (χ4v) is 2.94. The van der Waals surface area contributed by atoms with Crippen LogP contribution in [0.4, 0.5) is 0 Å². The largest absolute Gasteiger partial charge is 0.393 e. The van der Waals surface area contributed by atoms with Crippen LogP contribution in [0.3, 0.4) is 0 Å². The molecule has 2 saturated carbocycles. The summed E-state index contributed by atoms with van der Waals surface area (Å²) in [5.41, 5.74) is 0. The molecule has 2 heteroatoms. The Kier molecular flexibility index (Phi) is 2.37. The van der Waals surface area contributed by atoms with Gasteiger partial charge in [0.05, 0.1) is 12.2 Å². The molecule has 0 aromatic rings. The molecule has 4 unspecified atom stereocenters. The zero-order valence-electron chi connectivity index (χ0n) is 7.45. The quantitative estimate of drug-likeness (QED) is 0.575. The van der Waals surface area contributed by atoms with Crippen molar-refractivity contribution in [1.82, 2.24) is 0 Å². The van der Waals surface area contributed by atoms with Crippen molar-refractivity contribution in [2.24, 2.45) is 11.8 Å². The summed E-state index contributed by atoms with van der Waals surface area (Å²) in [4.78, 5) is 0. The molecule has 12 heavy (non-hydrogen) atoms. The van der Waals surface area contributed by atoms with Gasteiger partial charge in [-0.05, 0) is 31.6 Å². The zero-order chi connectivity index (χ0) is 8.55. The molecule has 0 aliphatic heterocycles. The minimum atomic E-state index is -0.227. The predicted molar refractivity (Wildman–Crippen MR) is 46.7 cm³/mol. The van der Waals surface area contributed by atoms with Gasteiger partial charge in [0.15, 0.2) is 0 Å². The summed E-state index contributed by atoms with van der Waals surface area (Å²) in [7, 11) is 0. The Morgan fingerprint density at radius 1 is 0.750 bits per heavy atom. The first-order valence-electron chi connectivity index (χ1n) is 5.15. The van der Waals surface area contributed by atoms with Crippen molar-refractivity contribution in [3.05, 3.63) is 0 Å². The van der Waals surface area contributed by atoms with E-state index in [-0.39, 0.29) is 18.1 Å². The predicted octanol–water partition coefficient (Wildman–Crippen LogP) is 1.31. The summed E-state index contributed by atoms with van der Waals surface area (Å²) in [6.07, 6.45) is 6.09. The van der Waals surface area contributed by atoms with Gasteiger partial charge >= 0.3 is 0 Å². The van der Waals surface area contributed by atoms with Gasteiger partial charge in [0.2, 0.25) is 0 Å². The lowest BCUT2D eigenvalue weighted by Crippen LogP contribution is -2.30. The molecule has 0 bridgehead atoms. The second kappa shape index (κ2) is 3.35. The van der Waals surface area contributed by atoms with E-state index in [1.165, 1.54) is 12.8 Å². The molecule has 2 aliphatic carbocycles. The summed E-state index contributed by atoms with van der Waals surface area (Å²) < 4.78 is 0. The molecular formula is C10H18O2. The van der Waals surface area contributed by atoms with Gasteiger partial charge < -0.3 is 10.2 Å². The van der Waals surface area contributed by atoms with Crippen molar-refractivity contribution in [2.45, 2.75) is 50.7 Å². The Labute approximate surface area is 73.6 Å². The fourth-order valence-electron chi connectivity index (χ4n) is 2.94. The molecule has 70 valence electrons. The summed E-state index contributed by atoms with van der Waals surface area (Å²) >= 11 is 0. The van der Waals surface area contributed by atoms with E-state index in [4.69, 9.17) is 0 Å². The monoisotopic (exact) mass is 170 g/mol. The number of hydrogen-bond donors (Lipinski definition) is 2. The molecule has 2 nitrogen and oxygen atoms in total. The first-order valence-corrected chi connectivity index (χ1v) is 5.15. The average molecular weight is 170 g/mol. The van der Waals surface area contributed by atoms with Crippen LogP contribution in [0.1, 0.15) is 38.5 Å². The maximum absolute atomic E-state index is 9.77. The van der Waals surface area contributed by atoms with E-state index in [2.05, 4.69) is 0 Å². The fraction of sp³-hybridized carbons (Fsp3) is 1.00. The highest BCUT2D eigenvalue weighted by Gasteiger charge is 2.40. The van der Waals surface area contributed by atoms with Crippen LogP contribution < -0.4 is 0 Å². The Balaban J connectivity index is 2.09. The van der Waals surface area contributed by atoms with Gasteiger partial charge in [-0.2, -0.15) is 0 Å². The maximum Gasteiger partial charge on any atom is 0.0595 e. The summed E-state index contributed by atoms with van der Waals surface area (Å²) in [5, 5.41) is 19.4. The highest BCUT2D eigenvalue weighted by Crippen LogP contribution is 2.41. The SMILES string of the molecule is OC1CCCCC2CCC(O)C12. The Bertz CT molecular complexity index is 158. The highest BCUT2D eigenvalue weighted by molar-refractivity contribution is 4.90. The molecular weight excluding hydrogens is 152 g/mol. The van der Waals surface area contributed by atoms with E-state index >= 15 is 0 Å². The summed E-state index contributed by atoms with van der Waals surface area (Å²) in [6, 6.07) is 0. The van der Waals surface area contributed by atoms with Crippen molar-refractivity contribution in [2.75, 3.05) is 0 Å². The van der Waals surface area contributed by atoms with Gasteiger partial charge in [0, 0.05) is 5.92 Å². The Morgan fingerprint density at radius 3 is 2.25 bits per heavy atom. The van der Waals surface area contributed by atoms with Gasteiger partial charge in [-0.1, -0.05) is 12.8 Å². The second-order valence-corrected chi connectivity index (χ2v) is 4.33. The molecule has 2 rings (SSSR count). The molecule has 0 saturated heterocycles. The summed E-state index contributed by atoms with van der Waals surface area (Å²) in [5.74, 6) is 0.810. The first-order chi connectivity index (χ1) is 5.79. The lowest BCUT2D eigenvalue weighted by molar-refractivity contribution is 0.0137. The first kappa shape index (κ1) is 8.52. The molecule has 0 heterocycles. The van der Waals surface area contributed by atoms with Crippen LogP contribution in [0.5, 0.6) is 0 Å². The average Bonchev–Trinajstić information content (AvgIpc) is 2.29.